The Morgan fingerprint density at radius 2 is 2.03 bits per heavy atom. The molecule has 0 bridgehead atoms. The van der Waals surface area contributed by atoms with Gasteiger partial charge in [-0.3, -0.25) is 19.7 Å². The van der Waals surface area contributed by atoms with Gasteiger partial charge in [0.2, 0.25) is 5.91 Å². The molecule has 1 aromatic carbocycles. The lowest BCUT2D eigenvalue weighted by molar-refractivity contribution is -0.383. The minimum Gasteiger partial charge on any atom is -0.378 e. The molecule has 0 unspecified atom stereocenters. The first-order valence-corrected chi connectivity index (χ1v) is 10.5. The van der Waals surface area contributed by atoms with Gasteiger partial charge in [0.25, 0.3) is 11.6 Å². The lowest BCUT2D eigenvalue weighted by Gasteiger charge is -2.29. The summed E-state index contributed by atoms with van der Waals surface area (Å²) < 4.78 is 5.37. The Bertz CT molecular complexity index is 1090. The van der Waals surface area contributed by atoms with Crippen LogP contribution in [0.25, 0.3) is 0 Å². The first-order valence-electron chi connectivity index (χ1n) is 10.5. The number of aromatic nitrogens is 1. The van der Waals surface area contributed by atoms with Crippen LogP contribution in [-0.2, 0) is 14.9 Å². The largest absolute Gasteiger partial charge is 0.378 e. The number of anilines is 3. The molecule has 0 atom stereocenters. The predicted molar refractivity (Wildman–Crippen MR) is 119 cm³/mol. The number of benzene rings is 1. The van der Waals surface area contributed by atoms with E-state index in [-0.39, 0.29) is 17.3 Å². The number of nitro benzene ring substituents is 1. The van der Waals surface area contributed by atoms with Gasteiger partial charge in [-0.1, -0.05) is 0 Å². The van der Waals surface area contributed by atoms with Crippen molar-refractivity contribution in [2.75, 3.05) is 48.0 Å². The number of ether oxygens (including phenoxy) is 1. The normalized spacial score (nSPS) is 17.3. The van der Waals surface area contributed by atoms with Gasteiger partial charge in [0.15, 0.2) is 0 Å². The first kappa shape index (κ1) is 21.7. The van der Waals surface area contributed by atoms with E-state index in [0.29, 0.717) is 55.5 Å². The number of carbonyl (C=O) groups excluding carboxylic acids is 2. The number of amides is 2. The molecule has 10 nitrogen and oxygen atoms in total. The van der Waals surface area contributed by atoms with Gasteiger partial charge in [-0.25, -0.2) is 4.98 Å². The molecule has 0 spiro atoms. The molecule has 0 radical (unpaired) electrons. The quantitative estimate of drug-likeness (QED) is 0.562. The van der Waals surface area contributed by atoms with E-state index in [9.17, 15) is 19.7 Å². The van der Waals surface area contributed by atoms with Crippen molar-refractivity contribution in [1.82, 2.24) is 4.98 Å². The Hall–Kier alpha value is -3.53. The van der Waals surface area contributed by atoms with Crippen LogP contribution in [0.1, 0.15) is 36.7 Å². The van der Waals surface area contributed by atoms with Gasteiger partial charge in [-0.15, -0.1) is 0 Å². The number of morpholine rings is 1. The first-order chi connectivity index (χ1) is 15.3. The van der Waals surface area contributed by atoms with Gasteiger partial charge in [-0.05, 0) is 44.5 Å². The Labute approximate surface area is 185 Å². The van der Waals surface area contributed by atoms with E-state index in [1.807, 2.05) is 11.8 Å². The van der Waals surface area contributed by atoms with E-state index in [1.54, 1.807) is 38.2 Å². The summed E-state index contributed by atoms with van der Waals surface area (Å²) in [6.07, 6.45) is 1.60. The van der Waals surface area contributed by atoms with Crippen molar-refractivity contribution >= 4 is 34.7 Å². The summed E-state index contributed by atoms with van der Waals surface area (Å²) in [5.41, 5.74) is 0.391. The monoisotopic (exact) mass is 439 g/mol. The zero-order valence-electron chi connectivity index (χ0n) is 18.3. The number of nitrogens with zero attached hydrogens (tertiary/aromatic N) is 4. The number of hydrogen-bond donors (Lipinski definition) is 1. The van der Waals surface area contributed by atoms with Gasteiger partial charge < -0.3 is 19.9 Å². The van der Waals surface area contributed by atoms with Crippen LogP contribution in [0.15, 0.2) is 30.5 Å². The second kappa shape index (κ2) is 8.19. The molecule has 1 aromatic heterocycles. The van der Waals surface area contributed by atoms with Crippen molar-refractivity contribution in [2.24, 2.45) is 0 Å². The lowest BCUT2D eigenvalue weighted by Crippen LogP contribution is -2.38. The fraction of sp³-hybridized carbons (Fsp3) is 0.409. The van der Waals surface area contributed by atoms with E-state index in [2.05, 4.69) is 10.3 Å². The molecule has 168 valence electrons. The SMILES string of the molecule is CCN1C(=O)C(C)(C)c2cc(NC(=O)c3cccnc3N3CCOCC3)c([N+](=O)[O-])cc21. The maximum atomic E-state index is 13.2. The van der Waals surface area contributed by atoms with Crippen LogP contribution in [0.3, 0.4) is 0 Å². The third kappa shape index (κ3) is 3.56. The Kier molecular flexibility index (Phi) is 5.55. The van der Waals surface area contributed by atoms with Crippen LogP contribution in [0, 0.1) is 10.1 Å². The van der Waals surface area contributed by atoms with Crippen LogP contribution in [0.5, 0.6) is 0 Å². The Morgan fingerprint density at radius 1 is 1.31 bits per heavy atom. The van der Waals surface area contributed by atoms with Gasteiger partial charge in [-0.2, -0.15) is 0 Å². The highest BCUT2D eigenvalue weighted by Crippen LogP contribution is 2.46. The topological polar surface area (TPSA) is 118 Å². The lowest BCUT2D eigenvalue weighted by atomic mass is 9.85. The number of likely N-dealkylation sites (N-methyl/N-ethyl adjacent to an activating group) is 1. The molecule has 1 saturated heterocycles. The number of rotatable bonds is 5. The van der Waals surface area contributed by atoms with Crippen molar-refractivity contribution < 1.29 is 19.2 Å². The molecular formula is C22H25N5O5. The molecule has 1 N–H and O–H groups in total. The molecule has 10 heteroatoms. The standard InChI is InChI=1S/C22H25N5O5/c1-4-26-17-13-18(27(30)31)16(12-15(17)22(2,3)21(26)29)24-20(28)14-6-5-7-23-19(14)25-8-10-32-11-9-25/h5-7,12-13H,4,8-11H2,1-3H3,(H,24,28). The van der Waals surface area contributed by atoms with Crippen molar-refractivity contribution in [3.8, 4) is 0 Å². The van der Waals surface area contributed by atoms with Gasteiger partial charge in [0.05, 0.1) is 34.8 Å². The fourth-order valence-corrected chi connectivity index (χ4v) is 4.22. The van der Waals surface area contributed by atoms with Crippen molar-refractivity contribution in [3.05, 3.63) is 51.7 Å². The molecule has 2 aliphatic rings. The Balaban J connectivity index is 1.73. The molecule has 2 amide bonds. The molecule has 0 aliphatic carbocycles. The minimum atomic E-state index is -0.854. The number of carbonyl (C=O) groups is 2. The molecule has 2 aromatic rings. The molecule has 4 rings (SSSR count). The summed E-state index contributed by atoms with van der Waals surface area (Å²) in [5, 5.41) is 14.5. The van der Waals surface area contributed by atoms with E-state index < -0.39 is 16.2 Å². The van der Waals surface area contributed by atoms with E-state index >= 15 is 0 Å². The number of nitro groups is 1. The molecule has 3 heterocycles. The second-order valence-corrected chi connectivity index (χ2v) is 8.25. The maximum Gasteiger partial charge on any atom is 0.294 e. The van der Waals surface area contributed by atoms with E-state index in [4.69, 9.17) is 4.74 Å². The van der Waals surface area contributed by atoms with Gasteiger partial charge in [0, 0.05) is 31.9 Å². The fourth-order valence-electron chi connectivity index (χ4n) is 4.22. The second-order valence-electron chi connectivity index (χ2n) is 8.25. The van der Waals surface area contributed by atoms with Crippen LogP contribution >= 0.6 is 0 Å². The van der Waals surface area contributed by atoms with Crippen LogP contribution in [0.4, 0.5) is 22.9 Å². The summed E-state index contributed by atoms with van der Waals surface area (Å²) in [6, 6.07) is 6.20. The van der Waals surface area contributed by atoms with Crippen molar-refractivity contribution in [2.45, 2.75) is 26.2 Å². The molecular weight excluding hydrogens is 414 g/mol. The molecule has 2 aliphatic heterocycles. The van der Waals surface area contributed by atoms with Crippen molar-refractivity contribution in [3.63, 3.8) is 0 Å². The van der Waals surface area contributed by atoms with Crippen LogP contribution in [0.2, 0.25) is 0 Å². The summed E-state index contributed by atoms with van der Waals surface area (Å²) >= 11 is 0. The zero-order valence-corrected chi connectivity index (χ0v) is 18.3. The summed E-state index contributed by atoms with van der Waals surface area (Å²) in [4.78, 5) is 45.1. The van der Waals surface area contributed by atoms with E-state index in [0.717, 1.165) is 0 Å². The molecule has 32 heavy (non-hydrogen) atoms. The summed E-state index contributed by atoms with van der Waals surface area (Å²) in [6.45, 7) is 8.03. The molecule has 0 saturated carbocycles. The van der Waals surface area contributed by atoms with Crippen molar-refractivity contribution in [1.29, 1.82) is 0 Å². The third-order valence-corrected chi connectivity index (χ3v) is 5.96. The predicted octanol–water partition coefficient (Wildman–Crippen LogP) is 2.72. The molecule has 1 fully saturated rings. The third-order valence-electron chi connectivity index (χ3n) is 5.96. The highest BCUT2D eigenvalue weighted by atomic mass is 16.6. The number of pyridine rings is 1. The summed E-state index contributed by atoms with van der Waals surface area (Å²) in [7, 11) is 0. The highest BCUT2D eigenvalue weighted by molar-refractivity contribution is 6.11. The van der Waals surface area contributed by atoms with E-state index in [1.165, 1.54) is 11.0 Å². The van der Waals surface area contributed by atoms with Crippen LogP contribution < -0.4 is 15.1 Å². The average Bonchev–Trinajstić information content (AvgIpc) is 2.98. The summed E-state index contributed by atoms with van der Waals surface area (Å²) in [5.74, 6) is -0.128. The number of fused-ring (bicyclic) bond motifs is 1. The van der Waals surface area contributed by atoms with Crippen LogP contribution in [-0.4, -0.2) is 54.6 Å². The zero-order chi connectivity index (χ0) is 23.0. The Morgan fingerprint density at radius 3 is 2.69 bits per heavy atom. The average molecular weight is 439 g/mol. The minimum absolute atomic E-state index is 0.0503. The van der Waals surface area contributed by atoms with Gasteiger partial charge in [0.1, 0.15) is 11.5 Å². The number of nitrogens with one attached hydrogen (secondary N) is 1. The van der Waals surface area contributed by atoms with Gasteiger partial charge >= 0.3 is 0 Å². The maximum absolute atomic E-state index is 13.2. The smallest absolute Gasteiger partial charge is 0.294 e. The highest BCUT2D eigenvalue weighted by Gasteiger charge is 2.45. The number of hydrogen-bond acceptors (Lipinski definition) is 7.